The Morgan fingerprint density at radius 1 is 1.47 bits per heavy atom. The highest BCUT2D eigenvalue weighted by Crippen LogP contribution is 2.21. The van der Waals surface area contributed by atoms with Crippen LogP contribution in [0.1, 0.15) is 20.8 Å². The number of pyridine rings is 1. The third-order valence-corrected chi connectivity index (χ3v) is 3.81. The smallest absolute Gasteiger partial charge is 0.253 e. The van der Waals surface area contributed by atoms with E-state index in [1.54, 1.807) is 23.7 Å². The van der Waals surface area contributed by atoms with E-state index in [0.29, 0.717) is 12.1 Å². The highest BCUT2D eigenvalue weighted by Gasteiger charge is 2.06. The molecule has 0 aliphatic carbocycles. The number of aromatic nitrogens is 1. The van der Waals surface area contributed by atoms with Crippen molar-refractivity contribution in [2.75, 3.05) is 0 Å². The summed E-state index contributed by atoms with van der Waals surface area (Å²) in [6.07, 6.45) is 3.31. The molecule has 0 saturated carbocycles. The molecule has 2 heterocycles. The van der Waals surface area contributed by atoms with Gasteiger partial charge in [-0.15, -0.1) is 11.3 Å². The lowest BCUT2D eigenvalue weighted by atomic mass is 10.2. The van der Waals surface area contributed by atoms with Crippen molar-refractivity contribution in [3.05, 3.63) is 50.4 Å². The summed E-state index contributed by atoms with van der Waals surface area (Å²) in [5.41, 5.74) is 1.58. The third-order valence-electron chi connectivity index (χ3n) is 2.19. The predicted molar refractivity (Wildman–Crippen MR) is 72.2 cm³/mol. The highest BCUT2D eigenvalue weighted by atomic mass is 79.9. The first-order valence-electron chi connectivity index (χ1n) is 5.09. The van der Waals surface area contributed by atoms with Crippen molar-refractivity contribution < 1.29 is 4.79 Å². The quantitative estimate of drug-likeness (QED) is 0.946. The topological polar surface area (TPSA) is 42.0 Å². The molecule has 0 unspecified atom stereocenters. The maximum atomic E-state index is 11.8. The summed E-state index contributed by atoms with van der Waals surface area (Å²) >= 11 is 5.00. The fourth-order valence-corrected chi connectivity index (χ4v) is 2.82. The van der Waals surface area contributed by atoms with Gasteiger partial charge in [0, 0.05) is 17.3 Å². The molecule has 0 radical (unpaired) electrons. The second-order valence-corrected chi connectivity index (χ2v) is 6.19. The van der Waals surface area contributed by atoms with Gasteiger partial charge in [-0.3, -0.25) is 9.78 Å². The molecule has 5 heteroatoms. The van der Waals surface area contributed by atoms with E-state index in [9.17, 15) is 4.79 Å². The molecule has 0 aromatic carbocycles. The SMILES string of the molecule is Cc1cncc(C(=O)NCc2ccc(Br)s2)c1. The molecule has 2 aromatic heterocycles. The van der Waals surface area contributed by atoms with Crippen LogP contribution in [0.5, 0.6) is 0 Å². The lowest BCUT2D eigenvalue weighted by Gasteiger charge is -2.03. The van der Waals surface area contributed by atoms with Crippen LogP contribution in [-0.4, -0.2) is 10.9 Å². The number of amides is 1. The van der Waals surface area contributed by atoms with Crippen LogP contribution in [0.15, 0.2) is 34.4 Å². The van der Waals surface area contributed by atoms with E-state index in [1.165, 1.54) is 0 Å². The van der Waals surface area contributed by atoms with Crippen molar-refractivity contribution in [3.8, 4) is 0 Å². The maximum Gasteiger partial charge on any atom is 0.253 e. The maximum absolute atomic E-state index is 11.8. The zero-order valence-electron chi connectivity index (χ0n) is 9.24. The Labute approximate surface area is 112 Å². The lowest BCUT2D eigenvalue weighted by Crippen LogP contribution is -2.22. The zero-order chi connectivity index (χ0) is 12.3. The molecule has 1 N–H and O–H groups in total. The molecule has 0 atom stereocenters. The zero-order valence-corrected chi connectivity index (χ0v) is 11.6. The van der Waals surface area contributed by atoms with Gasteiger partial charge in [0.15, 0.2) is 0 Å². The first kappa shape index (κ1) is 12.3. The van der Waals surface area contributed by atoms with Crippen molar-refractivity contribution in [1.82, 2.24) is 10.3 Å². The summed E-state index contributed by atoms with van der Waals surface area (Å²) in [5.74, 6) is -0.0919. The number of rotatable bonds is 3. The predicted octanol–water partition coefficient (Wildman–Crippen LogP) is 3.14. The summed E-state index contributed by atoms with van der Waals surface area (Å²) < 4.78 is 1.07. The minimum atomic E-state index is -0.0919. The van der Waals surface area contributed by atoms with Gasteiger partial charge in [0.1, 0.15) is 0 Å². The fraction of sp³-hybridized carbons (Fsp3) is 0.167. The van der Waals surface area contributed by atoms with E-state index in [-0.39, 0.29) is 5.91 Å². The number of aryl methyl sites for hydroxylation is 1. The third kappa shape index (κ3) is 3.38. The van der Waals surface area contributed by atoms with E-state index in [0.717, 1.165) is 14.2 Å². The van der Waals surface area contributed by atoms with Crippen LogP contribution in [0.4, 0.5) is 0 Å². The Kier molecular flexibility index (Phi) is 3.91. The number of nitrogens with zero attached hydrogens (tertiary/aromatic N) is 1. The minimum absolute atomic E-state index is 0.0919. The van der Waals surface area contributed by atoms with Crippen LogP contribution >= 0.6 is 27.3 Å². The van der Waals surface area contributed by atoms with Crippen LogP contribution in [0.2, 0.25) is 0 Å². The van der Waals surface area contributed by atoms with E-state index in [1.807, 2.05) is 25.1 Å². The number of halogens is 1. The van der Waals surface area contributed by atoms with E-state index in [2.05, 4.69) is 26.2 Å². The first-order chi connectivity index (χ1) is 8.15. The lowest BCUT2D eigenvalue weighted by molar-refractivity contribution is 0.0951. The largest absolute Gasteiger partial charge is 0.347 e. The van der Waals surface area contributed by atoms with Gasteiger partial charge in [-0.2, -0.15) is 0 Å². The van der Waals surface area contributed by atoms with E-state index < -0.39 is 0 Å². The van der Waals surface area contributed by atoms with Gasteiger partial charge < -0.3 is 5.32 Å². The van der Waals surface area contributed by atoms with Crippen LogP contribution in [0.3, 0.4) is 0 Å². The van der Waals surface area contributed by atoms with Gasteiger partial charge in [0.25, 0.3) is 5.91 Å². The summed E-state index contributed by atoms with van der Waals surface area (Å²) in [4.78, 5) is 16.9. The minimum Gasteiger partial charge on any atom is -0.347 e. The molecule has 0 saturated heterocycles. The van der Waals surface area contributed by atoms with Crippen molar-refractivity contribution in [2.45, 2.75) is 13.5 Å². The van der Waals surface area contributed by atoms with Gasteiger partial charge in [-0.05, 0) is 46.6 Å². The number of carbonyl (C=O) groups is 1. The van der Waals surface area contributed by atoms with Crippen LogP contribution in [0.25, 0.3) is 0 Å². The Bertz CT molecular complexity index is 539. The summed E-state index contributed by atoms with van der Waals surface area (Å²) in [6, 6.07) is 5.79. The Hall–Kier alpha value is -1.20. The molecule has 0 fully saturated rings. The molecule has 3 nitrogen and oxygen atoms in total. The molecule has 1 amide bonds. The number of nitrogens with one attached hydrogen (secondary N) is 1. The molecule has 88 valence electrons. The normalized spacial score (nSPS) is 10.2. The Morgan fingerprint density at radius 2 is 2.29 bits per heavy atom. The van der Waals surface area contributed by atoms with Crippen molar-refractivity contribution in [3.63, 3.8) is 0 Å². The molecule has 17 heavy (non-hydrogen) atoms. The Balaban J connectivity index is 1.98. The van der Waals surface area contributed by atoms with Crippen LogP contribution < -0.4 is 5.32 Å². The standard InChI is InChI=1S/C12H11BrN2OS/c1-8-4-9(6-14-5-8)12(16)15-7-10-2-3-11(13)17-10/h2-6H,7H2,1H3,(H,15,16). The number of hydrogen-bond acceptors (Lipinski definition) is 3. The highest BCUT2D eigenvalue weighted by molar-refractivity contribution is 9.11. The molecule has 0 aliphatic heterocycles. The van der Waals surface area contributed by atoms with Crippen LogP contribution in [-0.2, 0) is 6.54 Å². The molecular weight excluding hydrogens is 300 g/mol. The van der Waals surface area contributed by atoms with E-state index in [4.69, 9.17) is 0 Å². The van der Waals surface area contributed by atoms with Gasteiger partial charge >= 0.3 is 0 Å². The van der Waals surface area contributed by atoms with Gasteiger partial charge in [0.2, 0.25) is 0 Å². The van der Waals surface area contributed by atoms with Gasteiger partial charge in [-0.25, -0.2) is 0 Å². The second-order valence-electron chi connectivity index (χ2n) is 3.64. The van der Waals surface area contributed by atoms with Crippen molar-refractivity contribution in [1.29, 1.82) is 0 Å². The van der Waals surface area contributed by atoms with Crippen molar-refractivity contribution in [2.24, 2.45) is 0 Å². The average Bonchev–Trinajstić information content (AvgIpc) is 2.72. The number of carbonyl (C=O) groups excluding carboxylic acids is 1. The fourth-order valence-electron chi connectivity index (χ4n) is 1.40. The van der Waals surface area contributed by atoms with E-state index >= 15 is 0 Å². The Morgan fingerprint density at radius 3 is 2.94 bits per heavy atom. The molecule has 2 rings (SSSR count). The second kappa shape index (κ2) is 5.42. The van der Waals surface area contributed by atoms with Gasteiger partial charge in [0.05, 0.1) is 15.9 Å². The molecule has 2 aromatic rings. The molecular formula is C12H11BrN2OS. The summed E-state index contributed by atoms with van der Waals surface area (Å²) in [6.45, 7) is 2.46. The summed E-state index contributed by atoms with van der Waals surface area (Å²) in [5, 5.41) is 2.87. The summed E-state index contributed by atoms with van der Waals surface area (Å²) in [7, 11) is 0. The first-order valence-corrected chi connectivity index (χ1v) is 6.70. The number of hydrogen-bond donors (Lipinski definition) is 1. The molecule has 0 bridgehead atoms. The molecule has 0 aliphatic rings. The van der Waals surface area contributed by atoms with Crippen molar-refractivity contribution >= 4 is 33.2 Å². The van der Waals surface area contributed by atoms with Gasteiger partial charge in [-0.1, -0.05) is 0 Å². The monoisotopic (exact) mass is 310 g/mol. The molecule has 0 spiro atoms. The average molecular weight is 311 g/mol. The van der Waals surface area contributed by atoms with Crippen LogP contribution in [0, 0.1) is 6.92 Å². The number of thiophene rings is 1.